The molecular weight excluding hydrogens is 330 g/mol. The van der Waals surface area contributed by atoms with Crippen LogP contribution in [0, 0.1) is 18.8 Å². The van der Waals surface area contributed by atoms with Gasteiger partial charge in [0.2, 0.25) is 0 Å². The molecule has 2 heterocycles. The standard InChI is InChI=1S/C21H23NO4/c1-15-6-4-5-7-17(15)21(25)12-13-22(14-21)19(23)18-9-8-16(26-18)10-11-20(2,3)24/h4-9,24-25H,12-14H2,1-3H3/t21-/m1/s1. The summed E-state index contributed by atoms with van der Waals surface area (Å²) in [5, 5.41) is 20.7. The molecule has 1 saturated heterocycles. The van der Waals surface area contributed by atoms with Crippen LogP contribution in [0.3, 0.4) is 0 Å². The molecule has 1 aromatic carbocycles. The third-order valence-corrected chi connectivity index (χ3v) is 4.49. The van der Waals surface area contributed by atoms with Gasteiger partial charge >= 0.3 is 0 Å². The van der Waals surface area contributed by atoms with Crippen molar-refractivity contribution in [1.82, 2.24) is 4.90 Å². The number of hydrogen-bond acceptors (Lipinski definition) is 4. The molecule has 3 rings (SSSR count). The zero-order chi connectivity index (χ0) is 18.9. The van der Waals surface area contributed by atoms with Gasteiger partial charge in [0.05, 0.1) is 6.54 Å². The molecule has 2 aromatic rings. The maximum absolute atomic E-state index is 12.7. The number of benzene rings is 1. The molecule has 5 heteroatoms. The van der Waals surface area contributed by atoms with E-state index in [9.17, 15) is 15.0 Å². The molecule has 0 unspecified atom stereocenters. The van der Waals surface area contributed by atoms with Crippen molar-refractivity contribution in [3.8, 4) is 11.8 Å². The second-order valence-corrected chi connectivity index (χ2v) is 7.30. The van der Waals surface area contributed by atoms with Crippen LogP contribution < -0.4 is 0 Å². The minimum atomic E-state index is -1.13. The fourth-order valence-electron chi connectivity index (χ4n) is 3.17. The number of carbonyl (C=O) groups is 1. The lowest BCUT2D eigenvalue weighted by atomic mass is 9.89. The first kappa shape index (κ1) is 18.2. The van der Waals surface area contributed by atoms with E-state index < -0.39 is 11.2 Å². The average Bonchev–Trinajstić information content (AvgIpc) is 3.20. The number of carbonyl (C=O) groups excluding carboxylic acids is 1. The van der Waals surface area contributed by atoms with Crippen LogP contribution >= 0.6 is 0 Å². The normalized spacial score (nSPS) is 20.0. The van der Waals surface area contributed by atoms with E-state index in [4.69, 9.17) is 4.42 Å². The molecule has 0 aliphatic carbocycles. The highest BCUT2D eigenvalue weighted by Gasteiger charge is 2.41. The number of aryl methyl sites for hydroxylation is 1. The van der Waals surface area contributed by atoms with E-state index in [2.05, 4.69) is 11.8 Å². The number of aliphatic hydroxyl groups is 2. The summed E-state index contributed by atoms with van der Waals surface area (Å²) in [7, 11) is 0. The van der Waals surface area contributed by atoms with Gasteiger partial charge in [-0.15, -0.1) is 0 Å². The fourth-order valence-corrected chi connectivity index (χ4v) is 3.17. The number of rotatable bonds is 2. The van der Waals surface area contributed by atoms with Gasteiger partial charge in [-0.25, -0.2) is 0 Å². The van der Waals surface area contributed by atoms with Crippen LogP contribution in [-0.4, -0.2) is 39.7 Å². The number of furan rings is 1. The number of hydrogen-bond donors (Lipinski definition) is 2. The van der Waals surface area contributed by atoms with E-state index in [0.717, 1.165) is 11.1 Å². The minimum absolute atomic E-state index is 0.180. The van der Waals surface area contributed by atoms with Gasteiger partial charge in [0.15, 0.2) is 11.5 Å². The molecule has 1 fully saturated rings. The van der Waals surface area contributed by atoms with Crippen LogP contribution in [-0.2, 0) is 5.60 Å². The molecule has 1 aliphatic rings. The van der Waals surface area contributed by atoms with Gasteiger partial charge in [-0.2, -0.15) is 0 Å². The third-order valence-electron chi connectivity index (χ3n) is 4.49. The first-order valence-electron chi connectivity index (χ1n) is 8.61. The Kier molecular flexibility index (Phi) is 4.66. The van der Waals surface area contributed by atoms with E-state index in [1.165, 1.54) is 0 Å². The van der Waals surface area contributed by atoms with Gasteiger partial charge < -0.3 is 19.5 Å². The first-order chi connectivity index (χ1) is 12.2. The predicted octanol–water partition coefficient (Wildman–Crippen LogP) is 2.44. The van der Waals surface area contributed by atoms with Crippen LogP contribution in [0.25, 0.3) is 0 Å². The van der Waals surface area contributed by atoms with Crippen LogP contribution in [0.2, 0.25) is 0 Å². The summed E-state index contributed by atoms with van der Waals surface area (Å²) >= 11 is 0. The van der Waals surface area contributed by atoms with Crippen molar-refractivity contribution in [3.63, 3.8) is 0 Å². The summed E-state index contributed by atoms with van der Waals surface area (Å²) in [4.78, 5) is 14.3. The second kappa shape index (κ2) is 6.64. The van der Waals surface area contributed by atoms with Crippen molar-refractivity contribution >= 4 is 5.91 Å². The Morgan fingerprint density at radius 2 is 2.00 bits per heavy atom. The first-order valence-corrected chi connectivity index (χ1v) is 8.61. The highest BCUT2D eigenvalue weighted by atomic mass is 16.4. The lowest BCUT2D eigenvalue weighted by Gasteiger charge is -2.25. The quantitative estimate of drug-likeness (QED) is 0.814. The number of nitrogens with zero attached hydrogens (tertiary/aromatic N) is 1. The van der Waals surface area contributed by atoms with E-state index >= 15 is 0 Å². The smallest absolute Gasteiger partial charge is 0.289 e. The average molecular weight is 353 g/mol. The molecule has 5 nitrogen and oxygen atoms in total. The van der Waals surface area contributed by atoms with Crippen LogP contribution in [0.1, 0.15) is 47.7 Å². The topological polar surface area (TPSA) is 73.9 Å². The summed E-state index contributed by atoms with van der Waals surface area (Å²) in [6, 6.07) is 10.9. The van der Waals surface area contributed by atoms with Crippen molar-refractivity contribution in [2.24, 2.45) is 0 Å². The summed E-state index contributed by atoms with van der Waals surface area (Å²) in [5.74, 6) is 5.59. The summed E-state index contributed by atoms with van der Waals surface area (Å²) in [5.41, 5.74) is -0.314. The van der Waals surface area contributed by atoms with Gasteiger partial charge in [-0.3, -0.25) is 4.79 Å². The van der Waals surface area contributed by atoms with Crippen LogP contribution in [0.5, 0.6) is 0 Å². The summed E-state index contributed by atoms with van der Waals surface area (Å²) in [6.07, 6.45) is 0.482. The SMILES string of the molecule is Cc1ccccc1[C@@]1(O)CCN(C(=O)c2ccc(C#CC(C)(C)O)o2)C1. The lowest BCUT2D eigenvalue weighted by molar-refractivity contribution is 0.0403. The Morgan fingerprint density at radius 1 is 1.27 bits per heavy atom. The molecule has 0 spiro atoms. The highest BCUT2D eigenvalue weighted by Crippen LogP contribution is 2.34. The Balaban J connectivity index is 1.75. The van der Waals surface area contributed by atoms with Crippen LogP contribution in [0.4, 0.5) is 0 Å². The van der Waals surface area contributed by atoms with E-state index in [0.29, 0.717) is 18.7 Å². The molecule has 0 radical (unpaired) electrons. The monoisotopic (exact) mass is 353 g/mol. The molecule has 0 saturated carbocycles. The van der Waals surface area contributed by atoms with Crippen molar-refractivity contribution in [3.05, 3.63) is 59.0 Å². The van der Waals surface area contributed by atoms with Crippen molar-refractivity contribution in [2.45, 2.75) is 38.4 Å². The van der Waals surface area contributed by atoms with Crippen LogP contribution in [0.15, 0.2) is 40.8 Å². The number of likely N-dealkylation sites (tertiary alicyclic amines) is 1. The Hall–Kier alpha value is -2.55. The summed E-state index contributed by atoms with van der Waals surface area (Å²) in [6.45, 7) is 5.78. The predicted molar refractivity (Wildman–Crippen MR) is 97.5 cm³/mol. The maximum Gasteiger partial charge on any atom is 0.289 e. The molecule has 1 aliphatic heterocycles. The van der Waals surface area contributed by atoms with E-state index in [1.54, 1.807) is 30.9 Å². The van der Waals surface area contributed by atoms with Gasteiger partial charge in [-0.05, 0) is 56.4 Å². The van der Waals surface area contributed by atoms with Gasteiger partial charge in [0, 0.05) is 6.54 Å². The van der Waals surface area contributed by atoms with Crippen molar-refractivity contribution < 1.29 is 19.4 Å². The minimum Gasteiger partial charge on any atom is -0.443 e. The maximum atomic E-state index is 12.7. The molecule has 1 atom stereocenters. The molecule has 0 bridgehead atoms. The third kappa shape index (κ3) is 3.82. The molecule has 26 heavy (non-hydrogen) atoms. The molecule has 136 valence electrons. The summed E-state index contributed by atoms with van der Waals surface area (Å²) < 4.78 is 5.49. The van der Waals surface area contributed by atoms with Gasteiger partial charge in [-0.1, -0.05) is 30.2 Å². The van der Waals surface area contributed by atoms with Gasteiger partial charge in [0.25, 0.3) is 5.91 Å². The lowest BCUT2D eigenvalue weighted by Crippen LogP contribution is -2.34. The zero-order valence-electron chi connectivity index (χ0n) is 15.2. The highest BCUT2D eigenvalue weighted by molar-refractivity contribution is 5.92. The van der Waals surface area contributed by atoms with Crippen molar-refractivity contribution in [2.75, 3.05) is 13.1 Å². The molecule has 2 N–H and O–H groups in total. The van der Waals surface area contributed by atoms with Gasteiger partial charge in [0.1, 0.15) is 11.2 Å². The second-order valence-electron chi connectivity index (χ2n) is 7.30. The molecule has 1 amide bonds. The van der Waals surface area contributed by atoms with E-state index in [-0.39, 0.29) is 18.2 Å². The number of amides is 1. The molecule has 1 aromatic heterocycles. The molecular formula is C21H23NO4. The Bertz CT molecular complexity index is 881. The Labute approximate surface area is 153 Å². The number of β-amino-alcohol motifs (C(OH)–C–C–N with tert-alkyl or cyclic N) is 1. The van der Waals surface area contributed by atoms with Crippen molar-refractivity contribution in [1.29, 1.82) is 0 Å². The largest absolute Gasteiger partial charge is 0.443 e. The zero-order valence-corrected chi connectivity index (χ0v) is 15.2. The van der Waals surface area contributed by atoms with E-state index in [1.807, 2.05) is 31.2 Å². The Morgan fingerprint density at radius 3 is 2.69 bits per heavy atom. The fraction of sp³-hybridized carbons (Fsp3) is 0.381.